The van der Waals surface area contributed by atoms with Crippen LogP contribution in [-0.2, 0) is 4.74 Å². The number of hydrazine groups is 1. The number of aryl methyl sites for hydroxylation is 1. The minimum absolute atomic E-state index is 0.114. The molecule has 0 aliphatic carbocycles. The number of nitrogens with one attached hydrogen (secondary N) is 1. The van der Waals surface area contributed by atoms with Gasteiger partial charge in [-0.05, 0) is 55.4 Å². The molecule has 0 atom stereocenters. The van der Waals surface area contributed by atoms with Crippen LogP contribution in [0.5, 0.6) is 0 Å². The number of carbonyl (C=O) groups is 1. The maximum absolute atomic E-state index is 12.6. The number of carbonyl (C=O) groups excluding carboxylic acids is 1. The third-order valence-electron chi connectivity index (χ3n) is 3.27. The van der Waals surface area contributed by atoms with Gasteiger partial charge < -0.3 is 4.74 Å². The Morgan fingerprint density at radius 2 is 1.76 bits per heavy atom. The van der Waals surface area contributed by atoms with E-state index < -0.39 is 22.2 Å². The van der Waals surface area contributed by atoms with Crippen molar-refractivity contribution in [3.8, 4) is 0 Å². The number of amides is 1. The van der Waals surface area contributed by atoms with E-state index >= 15 is 0 Å². The lowest BCUT2D eigenvalue weighted by atomic mass is 10.1. The Hall–Kier alpha value is -2.09. The van der Waals surface area contributed by atoms with E-state index in [1.807, 2.05) is 0 Å². The molecular formula is C16H25ClN4O4. The van der Waals surface area contributed by atoms with Crippen LogP contribution in [0.15, 0.2) is 0 Å². The summed E-state index contributed by atoms with van der Waals surface area (Å²) in [6, 6.07) is 0. The second kappa shape index (κ2) is 7.03. The maximum Gasteiger partial charge on any atom is 0.429 e. The van der Waals surface area contributed by atoms with Crippen LogP contribution in [0.1, 0.15) is 52.8 Å². The molecule has 1 aromatic heterocycles. The number of pyridine rings is 1. The van der Waals surface area contributed by atoms with Crippen LogP contribution in [0.25, 0.3) is 0 Å². The van der Waals surface area contributed by atoms with E-state index in [4.69, 9.17) is 16.3 Å². The molecule has 0 radical (unpaired) electrons. The number of hydrogen-bond acceptors (Lipinski definition) is 6. The second-order valence-electron chi connectivity index (χ2n) is 7.69. The number of anilines is 1. The van der Waals surface area contributed by atoms with Crippen molar-refractivity contribution >= 4 is 29.1 Å². The predicted octanol–water partition coefficient (Wildman–Crippen LogP) is 4.62. The van der Waals surface area contributed by atoms with Crippen molar-refractivity contribution < 1.29 is 14.5 Å². The molecule has 0 aromatic carbocycles. The minimum Gasteiger partial charge on any atom is -0.442 e. The van der Waals surface area contributed by atoms with Crippen LogP contribution in [0, 0.1) is 24.0 Å². The lowest BCUT2D eigenvalue weighted by molar-refractivity contribution is -0.384. The number of ether oxygens (including phenoxy) is 1. The van der Waals surface area contributed by atoms with Crippen molar-refractivity contribution in [2.24, 2.45) is 0 Å². The zero-order valence-corrected chi connectivity index (χ0v) is 16.6. The highest BCUT2D eigenvalue weighted by Gasteiger charge is 2.34. The topological polar surface area (TPSA) is 97.6 Å². The molecule has 0 spiro atoms. The van der Waals surface area contributed by atoms with Crippen molar-refractivity contribution in [2.75, 3.05) is 5.43 Å². The number of aromatic nitrogens is 1. The highest BCUT2D eigenvalue weighted by atomic mass is 35.5. The molecular weight excluding hydrogens is 348 g/mol. The average molecular weight is 373 g/mol. The van der Waals surface area contributed by atoms with Gasteiger partial charge in [-0.2, -0.15) is 0 Å². The highest BCUT2D eigenvalue weighted by molar-refractivity contribution is 6.32. The molecule has 1 rings (SSSR count). The van der Waals surface area contributed by atoms with Crippen molar-refractivity contribution in [1.82, 2.24) is 9.99 Å². The Kier molecular flexibility index (Phi) is 5.89. The van der Waals surface area contributed by atoms with E-state index in [2.05, 4.69) is 10.4 Å². The summed E-state index contributed by atoms with van der Waals surface area (Å²) in [4.78, 5) is 27.4. The summed E-state index contributed by atoms with van der Waals surface area (Å²) < 4.78 is 5.41. The van der Waals surface area contributed by atoms with Gasteiger partial charge in [-0.25, -0.2) is 14.8 Å². The summed E-state index contributed by atoms with van der Waals surface area (Å²) >= 11 is 5.96. The lowest BCUT2D eigenvalue weighted by Crippen LogP contribution is -2.51. The van der Waals surface area contributed by atoms with E-state index in [0.717, 1.165) is 0 Å². The summed E-state index contributed by atoms with van der Waals surface area (Å²) in [5.41, 5.74) is 2.18. The molecule has 0 fully saturated rings. The van der Waals surface area contributed by atoms with Gasteiger partial charge in [0.05, 0.1) is 10.5 Å². The third-order valence-corrected chi connectivity index (χ3v) is 3.53. The van der Waals surface area contributed by atoms with Gasteiger partial charge in [-0.15, -0.1) is 0 Å². The monoisotopic (exact) mass is 372 g/mol. The van der Waals surface area contributed by atoms with Crippen molar-refractivity contribution in [3.63, 3.8) is 0 Å². The molecule has 0 saturated heterocycles. The molecule has 9 heteroatoms. The number of rotatable bonds is 3. The largest absolute Gasteiger partial charge is 0.442 e. The van der Waals surface area contributed by atoms with Crippen LogP contribution < -0.4 is 5.43 Å². The molecule has 25 heavy (non-hydrogen) atoms. The fraction of sp³-hybridized carbons (Fsp3) is 0.625. The zero-order valence-electron chi connectivity index (χ0n) is 15.9. The molecule has 1 N–H and O–H groups in total. The second-order valence-corrected chi connectivity index (χ2v) is 8.05. The molecule has 1 heterocycles. The SMILES string of the molecule is Cc1nc(Cl)c([N+](=O)[O-])c(NN(C(=O)OC(C)(C)C)C(C)(C)C)c1C. The molecule has 0 aliphatic heterocycles. The van der Waals surface area contributed by atoms with Gasteiger partial charge in [0, 0.05) is 11.3 Å². The van der Waals surface area contributed by atoms with Crippen LogP contribution >= 0.6 is 11.6 Å². The van der Waals surface area contributed by atoms with Crippen LogP contribution in [0.4, 0.5) is 16.2 Å². The van der Waals surface area contributed by atoms with Gasteiger partial charge in [0.25, 0.3) is 0 Å². The molecule has 0 unspecified atom stereocenters. The van der Waals surface area contributed by atoms with E-state index in [1.165, 1.54) is 5.01 Å². The molecule has 0 bridgehead atoms. The Bertz CT molecular complexity index is 693. The molecule has 1 amide bonds. The number of halogens is 1. The van der Waals surface area contributed by atoms with Crippen molar-refractivity contribution in [3.05, 3.63) is 26.5 Å². The van der Waals surface area contributed by atoms with Gasteiger partial charge in [0.2, 0.25) is 5.15 Å². The van der Waals surface area contributed by atoms with E-state index in [-0.39, 0.29) is 16.5 Å². The Labute approximate surface area is 152 Å². The first-order valence-electron chi connectivity index (χ1n) is 7.76. The Balaban J connectivity index is 3.44. The summed E-state index contributed by atoms with van der Waals surface area (Å²) in [6.45, 7) is 13.9. The number of nitro groups is 1. The summed E-state index contributed by atoms with van der Waals surface area (Å²) in [7, 11) is 0. The Morgan fingerprint density at radius 3 is 2.16 bits per heavy atom. The summed E-state index contributed by atoms with van der Waals surface area (Å²) in [5, 5.41) is 12.4. The van der Waals surface area contributed by atoms with Crippen molar-refractivity contribution in [2.45, 2.75) is 66.5 Å². The highest BCUT2D eigenvalue weighted by Crippen LogP contribution is 2.36. The summed E-state index contributed by atoms with van der Waals surface area (Å²) in [6.07, 6.45) is -0.653. The normalized spacial score (nSPS) is 11.9. The summed E-state index contributed by atoms with van der Waals surface area (Å²) in [5.74, 6) is 0. The smallest absolute Gasteiger partial charge is 0.429 e. The average Bonchev–Trinajstić information content (AvgIpc) is 2.36. The molecule has 1 aromatic rings. The molecule has 0 saturated carbocycles. The fourth-order valence-corrected chi connectivity index (χ4v) is 2.25. The van der Waals surface area contributed by atoms with Gasteiger partial charge >= 0.3 is 11.8 Å². The van der Waals surface area contributed by atoms with Crippen LogP contribution in [0.2, 0.25) is 5.15 Å². The van der Waals surface area contributed by atoms with Crippen LogP contribution in [-0.4, -0.2) is 32.1 Å². The molecule has 0 aliphatic rings. The van der Waals surface area contributed by atoms with Gasteiger partial charge in [-0.3, -0.25) is 15.5 Å². The number of hydrogen-bond donors (Lipinski definition) is 1. The molecule has 8 nitrogen and oxygen atoms in total. The van der Waals surface area contributed by atoms with Gasteiger partial charge in [-0.1, -0.05) is 11.6 Å². The van der Waals surface area contributed by atoms with E-state index in [9.17, 15) is 14.9 Å². The Morgan fingerprint density at radius 1 is 1.24 bits per heavy atom. The standard InChI is InChI=1S/C16H25ClN4O4/c1-9-10(2)18-13(17)12(21(23)24)11(9)19-20(15(3,4)5)14(22)25-16(6,7)8/h1-8H3,(H,18,19). The first-order valence-corrected chi connectivity index (χ1v) is 8.14. The quantitative estimate of drug-likeness (QED) is 0.472. The van der Waals surface area contributed by atoms with Gasteiger partial charge in [0.1, 0.15) is 11.3 Å². The van der Waals surface area contributed by atoms with E-state index in [0.29, 0.717) is 11.3 Å². The first kappa shape index (κ1) is 21.0. The van der Waals surface area contributed by atoms with Gasteiger partial charge in [0.15, 0.2) is 0 Å². The first-order chi connectivity index (χ1) is 11.1. The maximum atomic E-state index is 12.6. The molecule has 140 valence electrons. The van der Waals surface area contributed by atoms with Crippen LogP contribution in [0.3, 0.4) is 0 Å². The minimum atomic E-state index is -0.716. The third kappa shape index (κ3) is 5.19. The van der Waals surface area contributed by atoms with E-state index in [1.54, 1.807) is 55.4 Å². The fourth-order valence-electron chi connectivity index (χ4n) is 1.96. The lowest BCUT2D eigenvalue weighted by Gasteiger charge is -2.37. The predicted molar refractivity (Wildman–Crippen MR) is 96.8 cm³/mol. The number of nitrogens with zero attached hydrogens (tertiary/aromatic N) is 3. The van der Waals surface area contributed by atoms with Crippen molar-refractivity contribution in [1.29, 1.82) is 0 Å². The zero-order chi connectivity index (χ0) is 19.7.